The van der Waals surface area contributed by atoms with Crippen molar-refractivity contribution in [3.05, 3.63) is 48.0 Å². The van der Waals surface area contributed by atoms with E-state index in [1.807, 2.05) is 24.3 Å². The molecule has 1 heterocycles. The predicted molar refractivity (Wildman–Crippen MR) is 72.5 cm³/mol. The molecule has 2 nitrogen and oxygen atoms in total. The summed E-state index contributed by atoms with van der Waals surface area (Å²) in [4.78, 5) is 0. The molecule has 0 aromatic heterocycles. The lowest BCUT2D eigenvalue weighted by Crippen LogP contribution is -2.22. The van der Waals surface area contributed by atoms with Crippen molar-refractivity contribution in [2.45, 2.75) is 18.9 Å². The monoisotopic (exact) mass is 242 g/mol. The molecular weight excluding hydrogens is 224 g/mol. The van der Waals surface area contributed by atoms with E-state index in [4.69, 9.17) is 4.74 Å². The van der Waals surface area contributed by atoms with Crippen molar-refractivity contribution < 1.29 is 9.84 Å². The molecule has 1 atom stereocenters. The van der Waals surface area contributed by atoms with Crippen LogP contribution in [0.1, 0.15) is 24.5 Å². The minimum atomic E-state index is -0.375. The Balaban J connectivity index is 1.97. The number of rotatable bonds is 2. The van der Waals surface area contributed by atoms with Gasteiger partial charge in [-0.25, -0.2) is 0 Å². The zero-order valence-corrected chi connectivity index (χ0v) is 10.4. The number of fused-ring (bicyclic) bond motifs is 1. The second-order valence-corrected chi connectivity index (χ2v) is 4.96. The van der Waals surface area contributed by atoms with Crippen LogP contribution in [-0.4, -0.2) is 18.3 Å². The molecule has 0 saturated carbocycles. The van der Waals surface area contributed by atoms with Gasteiger partial charge in [-0.05, 0) is 35.1 Å². The summed E-state index contributed by atoms with van der Waals surface area (Å²) in [6.07, 6.45) is 1.52. The number of hydrogen-bond donors (Lipinski definition) is 1. The predicted octanol–water partition coefficient (Wildman–Crippen LogP) is 3.30. The van der Waals surface area contributed by atoms with E-state index in [0.717, 1.165) is 31.6 Å². The molecule has 1 unspecified atom stereocenters. The van der Waals surface area contributed by atoms with Gasteiger partial charge in [0.05, 0.1) is 6.10 Å². The van der Waals surface area contributed by atoms with Crippen LogP contribution < -0.4 is 0 Å². The maximum atomic E-state index is 10.6. The molecule has 2 aromatic carbocycles. The van der Waals surface area contributed by atoms with Gasteiger partial charge in [-0.2, -0.15) is 0 Å². The quantitative estimate of drug-likeness (QED) is 0.875. The summed E-state index contributed by atoms with van der Waals surface area (Å²) in [6, 6.07) is 14.4. The first kappa shape index (κ1) is 11.7. The topological polar surface area (TPSA) is 29.5 Å². The number of aliphatic hydroxyl groups excluding tert-OH is 1. The molecule has 18 heavy (non-hydrogen) atoms. The number of hydrogen-bond acceptors (Lipinski definition) is 2. The second-order valence-electron chi connectivity index (χ2n) is 4.96. The van der Waals surface area contributed by atoms with Gasteiger partial charge >= 0.3 is 0 Å². The summed E-state index contributed by atoms with van der Waals surface area (Å²) in [6.45, 7) is 1.54. The van der Waals surface area contributed by atoms with Crippen molar-refractivity contribution in [2.75, 3.05) is 13.2 Å². The van der Waals surface area contributed by atoms with Gasteiger partial charge in [0.2, 0.25) is 0 Å². The van der Waals surface area contributed by atoms with Gasteiger partial charge in [0.1, 0.15) is 0 Å². The van der Waals surface area contributed by atoms with E-state index in [9.17, 15) is 5.11 Å². The smallest absolute Gasteiger partial charge is 0.0825 e. The first-order chi connectivity index (χ1) is 8.86. The normalized spacial score (nSPS) is 18.9. The number of aliphatic hydroxyl groups is 1. The van der Waals surface area contributed by atoms with Crippen LogP contribution in [0.5, 0.6) is 0 Å². The van der Waals surface area contributed by atoms with Gasteiger partial charge in [-0.15, -0.1) is 0 Å². The molecule has 0 aliphatic carbocycles. The van der Waals surface area contributed by atoms with Gasteiger partial charge in [0.25, 0.3) is 0 Å². The Morgan fingerprint density at radius 3 is 2.56 bits per heavy atom. The summed E-state index contributed by atoms with van der Waals surface area (Å²) in [5, 5.41) is 12.9. The van der Waals surface area contributed by atoms with Gasteiger partial charge in [-0.1, -0.05) is 42.5 Å². The van der Waals surface area contributed by atoms with E-state index in [2.05, 4.69) is 18.2 Å². The Bertz CT molecular complexity index is 524. The summed E-state index contributed by atoms with van der Waals surface area (Å²) >= 11 is 0. The standard InChI is InChI=1S/C16H18O2/c17-16(13-8-10-18-11-9-13)15-7-3-5-12-4-1-2-6-14(12)15/h1-7,13,16-17H,8-11H2. The fraction of sp³-hybridized carbons (Fsp3) is 0.375. The van der Waals surface area contributed by atoms with E-state index in [0.29, 0.717) is 5.92 Å². The summed E-state index contributed by atoms with van der Waals surface area (Å²) in [7, 11) is 0. The van der Waals surface area contributed by atoms with Crippen LogP contribution in [0.25, 0.3) is 10.8 Å². The van der Waals surface area contributed by atoms with E-state index in [-0.39, 0.29) is 6.10 Å². The van der Waals surface area contributed by atoms with Crippen LogP contribution in [0.3, 0.4) is 0 Å². The van der Waals surface area contributed by atoms with E-state index >= 15 is 0 Å². The molecule has 2 aromatic rings. The molecule has 0 radical (unpaired) electrons. The molecular formula is C16H18O2. The SMILES string of the molecule is OC(c1cccc2ccccc12)C1CCOCC1. The van der Waals surface area contributed by atoms with Crippen molar-refractivity contribution in [3.8, 4) is 0 Å². The molecule has 3 rings (SSSR count). The summed E-state index contributed by atoms with van der Waals surface area (Å²) in [5.41, 5.74) is 1.06. The van der Waals surface area contributed by atoms with Crippen LogP contribution in [0.4, 0.5) is 0 Å². The lowest BCUT2D eigenvalue weighted by Gasteiger charge is -2.27. The lowest BCUT2D eigenvalue weighted by atomic mass is 9.87. The molecule has 1 N–H and O–H groups in total. The van der Waals surface area contributed by atoms with Crippen molar-refractivity contribution >= 4 is 10.8 Å². The molecule has 1 fully saturated rings. The van der Waals surface area contributed by atoms with Crippen LogP contribution in [-0.2, 0) is 4.74 Å². The minimum Gasteiger partial charge on any atom is -0.388 e. The average Bonchev–Trinajstić information content (AvgIpc) is 2.47. The highest BCUT2D eigenvalue weighted by Crippen LogP contribution is 2.33. The van der Waals surface area contributed by atoms with Crippen LogP contribution in [0, 0.1) is 5.92 Å². The Kier molecular flexibility index (Phi) is 3.31. The maximum Gasteiger partial charge on any atom is 0.0825 e. The molecule has 1 saturated heterocycles. The van der Waals surface area contributed by atoms with Crippen LogP contribution in [0.2, 0.25) is 0 Å². The Hall–Kier alpha value is -1.38. The van der Waals surface area contributed by atoms with Crippen LogP contribution >= 0.6 is 0 Å². The van der Waals surface area contributed by atoms with Crippen molar-refractivity contribution in [1.29, 1.82) is 0 Å². The third-order valence-electron chi connectivity index (χ3n) is 3.85. The van der Waals surface area contributed by atoms with Gasteiger partial charge in [0.15, 0.2) is 0 Å². The third kappa shape index (κ3) is 2.14. The maximum absolute atomic E-state index is 10.6. The van der Waals surface area contributed by atoms with Crippen molar-refractivity contribution in [1.82, 2.24) is 0 Å². The highest BCUT2D eigenvalue weighted by Gasteiger charge is 2.24. The molecule has 0 amide bonds. The van der Waals surface area contributed by atoms with Crippen molar-refractivity contribution in [3.63, 3.8) is 0 Å². The zero-order valence-electron chi connectivity index (χ0n) is 10.4. The number of benzene rings is 2. The first-order valence-corrected chi connectivity index (χ1v) is 6.60. The highest BCUT2D eigenvalue weighted by molar-refractivity contribution is 5.85. The third-order valence-corrected chi connectivity index (χ3v) is 3.85. The van der Waals surface area contributed by atoms with E-state index in [1.165, 1.54) is 10.8 Å². The Morgan fingerprint density at radius 1 is 1.00 bits per heavy atom. The molecule has 0 spiro atoms. The van der Waals surface area contributed by atoms with Crippen molar-refractivity contribution in [2.24, 2.45) is 5.92 Å². The Morgan fingerprint density at radius 2 is 1.72 bits per heavy atom. The minimum absolute atomic E-state index is 0.324. The lowest BCUT2D eigenvalue weighted by molar-refractivity contribution is 0.00773. The van der Waals surface area contributed by atoms with Gasteiger partial charge in [-0.3, -0.25) is 0 Å². The van der Waals surface area contributed by atoms with E-state index < -0.39 is 0 Å². The summed E-state index contributed by atoms with van der Waals surface area (Å²) < 4.78 is 5.36. The molecule has 1 aliphatic heterocycles. The Labute approximate surface area is 107 Å². The molecule has 0 bridgehead atoms. The number of ether oxygens (including phenoxy) is 1. The second kappa shape index (κ2) is 5.09. The largest absolute Gasteiger partial charge is 0.388 e. The molecule has 2 heteroatoms. The highest BCUT2D eigenvalue weighted by atomic mass is 16.5. The first-order valence-electron chi connectivity index (χ1n) is 6.60. The molecule has 1 aliphatic rings. The van der Waals surface area contributed by atoms with E-state index in [1.54, 1.807) is 0 Å². The fourth-order valence-electron chi connectivity index (χ4n) is 2.79. The van der Waals surface area contributed by atoms with Gasteiger partial charge in [0, 0.05) is 13.2 Å². The van der Waals surface area contributed by atoms with Gasteiger partial charge < -0.3 is 9.84 Å². The average molecular weight is 242 g/mol. The fourth-order valence-corrected chi connectivity index (χ4v) is 2.79. The zero-order chi connectivity index (χ0) is 12.4. The molecule has 94 valence electrons. The van der Waals surface area contributed by atoms with Crippen LogP contribution in [0.15, 0.2) is 42.5 Å². The summed E-state index contributed by atoms with van der Waals surface area (Å²) in [5.74, 6) is 0.324.